The van der Waals surface area contributed by atoms with Crippen molar-refractivity contribution in [2.75, 3.05) is 26.9 Å². The molecule has 0 rings (SSSR count). The molecule has 0 spiro atoms. The largest absolute Gasteiger partial charge is 0.469 e. The first kappa shape index (κ1) is 16.3. The van der Waals surface area contributed by atoms with Crippen LogP contribution in [0.1, 0.15) is 27.2 Å². The van der Waals surface area contributed by atoms with E-state index in [9.17, 15) is 9.59 Å². The van der Waals surface area contributed by atoms with Gasteiger partial charge < -0.3 is 14.2 Å². The summed E-state index contributed by atoms with van der Waals surface area (Å²) in [6, 6.07) is 0. The van der Waals surface area contributed by atoms with Crippen molar-refractivity contribution < 1.29 is 23.8 Å². The molecule has 0 heterocycles. The fraction of sp³-hybridized carbons (Fsp3) is 0.800. The van der Waals surface area contributed by atoms with Crippen molar-refractivity contribution in [2.24, 2.45) is 0 Å². The Bertz CT molecular complexity index is 161. The molecule has 0 amide bonds. The number of rotatable bonds is 5. The van der Waals surface area contributed by atoms with Crippen molar-refractivity contribution in [3.05, 3.63) is 0 Å². The van der Waals surface area contributed by atoms with Crippen molar-refractivity contribution in [1.82, 2.24) is 0 Å². The zero-order chi connectivity index (χ0) is 12.1. The summed E-state index contributed by atoms with van der Waals surface area (Å²) in [6.45, 7) is 6.41. The molecule has 0 aliphatic rings. The molecular formula is C10H20O5. The highest BCUT2D eigenvalue weighted by atomic mass is 16.6. The fourth-order valence-electron chi connectivity index (χ4n) is 0.532. The summed E-state index contributed by atoms with van der Waals surface area (Å²) in [5.74, 6) is -0.450. The highest BCUT2D eigenvalue weighted by Crippen LogP contribution is 1.79. The van der Waals surface area contributed by atoms with Crippen LogP contribution in [0.4, 0.5) is 0 Å². The van der Waals surface area contributed by atoms with E-state index in [0.29, 0.717) is 19.6 Å². The van der Waals surface area contributed by atoms with Gasteiger partial charge in [-0.05, 0) is 13.8 Å². The fourth-order valence-corrected chi connectivity index (χ4v) is 0.532. The Labute approximate surface area is 90.7 Å². The summed E-state index contributed by atoms with van der Waals surface area (Å²) in [5, 5.41) is 0. The van der Waals surface area contributed by atoms with Gasteiger partial charge in [-0.25, -0.2) is 4.79 Å². The monoisotopic (exact) mass is 220 g/mol. The topological polar surface area (TPSA) is 61.8 Å². The predicted octanol–water partition coefficient (Wildman–Crippen LogP) is 1.16. The first-order valence-corrected chi connectivity index (χ1v) is 4.92. The van der Waals surface area contributed by atoms with E-state index in [-0.39, 0.29) is 18.5 Å². The van der Waals surface area contributed by atoms with Crippen molar-refractivity contribution in [2.45, 2.75) is 27.2 Å². The molecule has 0 atom stereocenters. The third-order valence-corrected chi connectivity index (χ3v) is 1.25. The zero-order valence-corrected chi connectivity index (χ0v) is 9.87. The quantitative estimate of drug-likeness (QED) is 0.650. The molecule has 0 aliphatic carbocycles. The van der Waals surface area contributed by atoms with E-state index in [4.69, 9.17) is 4.74 Å². The maximum Gasteiger partial charge on any atom is 0.332 e. The molecule has 0 aromatic carbocycles. The minimum atomic E-state index is -0.292. The van der Waals surface area contributed by atoms with Crippen LogP contribution < -0.4 is 0 Å². The van der Waals surface area contributed by atoms with Crippen molar-refractivity contribution >= 4 is 11.9 Å². The van der Waals surface area contributed by atoms with Crippen LogP contribution in [0.15, 0.2) is 0 Å². The minimum Gasteiger partial charge on any atom is -0.469 e. The number of hydrogen-bond acceptors (Lipinski definition) is 5. The zero-order valence-electron chi connectivity index (χ0n) is 9.87. The van der Waals surface area contributed by atoms with Gasteiger partial charge >= 0.3 is 11.9 Å². The summed E-state index contributed by atoms with van der Waals surface area (Å²) < 4.78 is 13.6. The van der Waals surface area contributed by atoms with E-state index in [1.165, 1.54) is 7.11 Å². The Hall–Kier alpha value is -1.10. The smallest absolute Gasteiger partial charge is 0.332 e. The Morgan fingerprint density at radius 3 is 1.87 bits per heavy atom. The number of carbonyl (C=O) groups is 2. The van der Waals surface area contributed by atoms with Crippen LogP contribution >= 0.6 is 0 Å². The molecular weight excluding hydrogens is 200 g/mol. The number of hydrogen-bond donors (Lipinski definition) is 0. The highest BCUT2D eigenvalue weighted by Gasteiger charge is 1.97. The van der Waals surface area contributed by atoms with Gasteiger partial charge in [0.05, 0.1) is 13.7 Å². The van der Waals surface area contributed by atoms with E-state index in [2.05, 4.69) is 9.47 Å². The van der Waals surface area contributed by atoms with Gasteiger partial charge in [-0.2, -0.15) is 0 Å². The molecule has 0 N–H and O–H groups in total. The second-order valence-corrected chi connectivity index (χ2v) is 2.37. The van der Waals surface area contributed by atoms with Gasteiger partial charge in [0.15, 0.2) is 0 Å². The minimum absolute atomic E-state index is 0.0737. The molecule has 5 nitrogen and oxygen atoms in total. The first-order chi connectivity index (χ1) is 7.12. The van der Waals surface area contributed by atoms with Crippen LogP contribution in [0.5, 0.6) is 0 Å². The van der Waals surface area contributed by atoms with Crippen LogP contribution in [0, 0.1) is 0 Å². The maximum absolute atomic E-state index is 10.5. The second kappa shape index (κ2) is 12.9. The lowest BCUT2D eigenvalue weighted by Crippen LogP contribution is -2.11. The van der Waals surface area contributed by atoms with Gasteiger partial charge in [-0.15, -0.1) is 0 Å². The van der Waals surface area contributed by atoms with Gasteiger partial charge in [0, 0.05) is 13.0 Å². The lowest BCUT2D eigenvalue weighted by Gasteiger charge is -1.99. The van der Waals surface area contributed by atoms with E-state index in [1.54, 1.807) is 13.8 Å². The van der Waals surface area contributed by atoms with E-state index < -0.39 is 0 Å². The Balaban J connectivity index is 0. The molecule has 0 aliphatic heterocycles. The Morgan fingerprint density at radius 2 is 1.60 bits per heavy atom. The van der Waals surface area contributed by atoms with Crippen molar-refractivity contribution in [3.63, 3.8) is 0 Å². The number of carbonyl (C=O) groups excluding carboxylic acids is 2. The van der Waals surface area contributed by atoms with E-state index in [1.807, 2.05) is 6.92 Å². The van der Waals surface area contributed by atoms with Gasteiger partial charge in [0.25, 0.3) is 0 Å². The number of methoxy groups -OCH3 is 1. The molecule has 0 bridgehead atoms. The number of ether oxygens (including phenoxy) is 3. The summed E-state index contributed by atoms with van der Waals surface area (Å²) in [6.07, 6.45) is 0.469. The molecule has 90 valence electrons. The van der Waals surface area contributed by atoms with E-state index >= 15 is 0 Å². The average Bonchev–Trinajstić information content (AvgIpc) is 2.26. The lowest BCUT2D eigenvalue weighted by molar-refractivity contribution is -0.148. The standard InChI is InChI=1S/C6H12O3.C4H8O2/c1-3-8-5-6(7)9-4-2;1-3-4(5)6-2/h3-5H2,1-2H3;3H2,1-2H3. The summed E-state index contributed by atoms with van der Waals surface area (Å²) in [4.78, 5) is 20.4. The number of esters is 2. The third kappa shape index (κ3) is 15.6. The van der Waals surface area contributed by atoms with Crippen molar-refractivity contribution in [1.29, 1.82) is 0 Å². The molecule has 0 unspecified atom stereocenters. The molecule has 15 heavy (non-hydrogen) atoms. The van der Waals surface area contributed by atoms with Crippen LogP contribution in [-0.4, -0.2) is 38.9 Å². The van der Waals surface area contributed by atoms with Gasteiger partial charge in [-0.3, -0.25) is 4.79 Å². The predicted molar refractivity (Wildman–Crippen MR) is 55.4 cm³/mol. The molecule has 0 fully saturated rings. The van der Waals surface area contributed by atoms with E-state index in [0.717, 1.165) is 0 Å². The molecule has 0 saturated heterocycles. The van der Waals surface area contributed by atoms with Crippen LogP contribution in [0.2, 0.25) is 0 Å². The second-order valence-electron chi connectivity index (χ2n) is 2.37. The molecule has 0 aromatic heterocycles. The summed E-state index contributed by atoms with van der Waals surface area (Å²) in [5.41, 5.74) is 0. The highest BCUT2D eigenvalue weighted by molar-refractivity contribution is 5.70. The SMILES string of the molecule is CCC(=O)OC.CCOCC(=O)OCC. The van der Waals surface area contributed by atoms with Gasteiger partial charge in [0.2, 0.25) is 0 Å². The summed E-state index contributed by atoms with van der Waals surface area (Å²) >= 11 is 0. The van der Waals surface area contributed by atoms with Gasteiger partial charge in [-0.1, -0.05) is 6.92 Å². The normalized spacial score (nSPS) is 8.53. The molecule has 0 radical (unpaired) electrons. The first-order valence-electron chi connectivity index (χ1n) is 4.92. The van der Waals surface area contributed by atoms with Crippen LogP contribution in [0.3, 0.4) is 0 Å². The van der Waals surface area contributed by atoms with Crippen LogP contribution in [0.25, 0.3) is 0 Å². The van der Waals surface area contributed by atoms with Gasteiger partial charge in [0.1, 0.15) is 6.61 Å². The third-order valence-electron chi connectivity index (χ3n) is 1.25. The summed E-state index contributed by atoms with van der Waals surface area (Å²) in [7, 11) is 1.38. The van der Waals surface area contributed by atoms with Crippen LogP contribution in [-0.2, 0) is 23.8 Å². The molecule has 0 aromatic rings. The molecule has 5 heteroatoms. The average molecular weight is 220 g/mol. The Kier molecular flexibility index (Phi) is 14.0. The maximum atomic E-state index is 10.5. The molecule has 0 saturated carbocycles. The lowest BCUT2D eigenvalue weighted by atomic mass is 10.5. The van der Waals surface area contributed by atoms with Crippen molar-refractivity contribution in [3.8, 4) is 0 Å². The Morgan fingerprint density at radius 1 is 1.00 bits per heavy atom.